The number of anilines is 2. The van der Waals surface area contributed by atoms with Crippen molar-refractivity contribution in [1.29, 1.82) is 0 Å². The molecule has 0 saturated carbocycles. The number of ether oxygens (including phenoxy) is 1. The first-order valence-corrected chi connectivity index (χ1v) is 7.69. The molecule has 0 bridgehead atoms. The van der Waals surface area contributed by atoms with Crippen LogP contribution in [0.4, 0.5) is 29.1 Å². The highest BCUT2D eigenvalue weighted by atomic mass is 19.4. The summed E-state index contributed by atoms with van der Waals surface area (Å²) in [5.74, 6) is -0.542. The Kier molecular flexibility index (Phi) is 5.19. The molecule has 0 aliphatic carbocycles. The number of likely N-dealkylation sites (tertiary alicyclic amines) is 1. The molecule has 2 aromatic rings. The summed E-state index contributed by atoms with van der Waals surface area (Å²) in [6.45, 7) is 0.693. The summed E-state index contributed by atoms with van der Waals surface area (Å²) in [5.41, 5.74) is -0.728. The van der Waals surface area contributed by atoms with E-state index in [1.807, 2.05) is 0 Å². The average Bonchev–Trinajstić information content (AvgIpc) is 2.60. The molecule has 142 valence electrons. The van der Waals surface area contributed by atoms with Gasteiger partial charge >= 0.3 is 6.18 Å². The fourth-order valence-corrected chi connectivity index (χ4v) is 2.28. The molecule has 11 heteroatoms. The average molecular weight is 383 g/mol. The molecule has 1 aliphatic rings. The van der Waals surface area contributed by atoms with E-state index < -0.39 is 17.7 Å². The van der Waals surface area contributed by atoms with Crippen LogP contribution in [0.15, 0.2) is 42.8 Å². The molecule has 1 saturated heterocycles. The van der Waals surface area contributed by atoms with Crippen LogP contribution < -0.4 is 10.1 Å². The largest absolute Gasteiger partial charge is 0.468 e. The minimum absolute atomic E-state index is 0.108. The Morgan fingerprint density at radius 2 is 1.96 bits per heavy atom. The van der Waals surface area contributed by atoms with Crippen molar-refractivity contribution in [2.24, 2.45) is 0 Å². The topological polar surface area (TPSA) is 80.2 Å². The molecule has 2 aromatic heterocycles. The molecule has 3 heterocycles. The highest BCUT2D eigenvalue weighted by Crippen LogP contribution is 2.29. The number of carbonyl (C=O) groups is 1. The molecule has 3 rings (SSSR count). The predicted molar refractivity (Wildman–Crippen MR) is 85.8 cm³/mol. The van der Waals surface area contributed by atoms with Crippen molar-refractivity contribution in [2.45, 2.75) is 12.3 Å². The van der Waals surface area contributed by atoms with Gasteiger partial charge in [-0.15, -0.1) is 0 Å². The molecule has 7 nitrogen and oxygen atoms in total. The summed E-state index contributed by atoms with van der Waals surface area (Å²) in [7, 11) is 0. The van der Waals surface area contributed by atoms with Gasteiger partial charge in [-0.2, -0.15) is 13.2 Å². The second-order valence-corrected chi connectivity index (χ2v) is 5.59. The molecule has 0 atom stereocenters. The van der Waals surface area contributed by atoms with Gasteiger partial charge in [0.1, 0.15) is 11.8 Å². The van der Waals surface area contributed by atoms with Gasteiger partial charge in [-0.3, -0.25) is 4.79 Å². The van der Waals surface area contributed by atoms with E-state index in [-0.39, 0.29) is 29.8 Å². The Labute approximate surface area is 150 Å². The Bertz CT molecular complexity index is 835. The standard InChI is InChI=1S/C16H13F4N5O2/c17-10(9-26)6-25-7-12(8-25)27-15-14(21-3-4-22-15)24-11-1-2-13(23-5-11)16(18,19)20/h1-6,9,12H,7-8H2,(H,21,24). The van der Waals surface area contributed by atoms with Crippen molar-refractivity contribution >= 4 is 17.8 Å². The van der Waals surface area contributed by atoms with Gasteiger partial charge < -0.3 is 15.0 Å². The minimum atomic E-state index is -4.52. The number of aldehydes is 1. The third-order valence-corrected chi connectivity index (χ3v) is 3.55. The number of hydrogen-bond donors (Lipinski definition) is 1. The Morgan fingerprint density at radius 3 is 2.59 bits per heavy atom. The quantitative estimate of drug-likeness (QED) is 0.467. The smallest absolute Gasteiger partial charge is 0.433 e. The number of hydrogen-bond acceptors (Lipinski definition) is 7. The normalized spacial score (nSPS) is 15.3. The van der Waals surface area contributed by atoms with E-state index in [9.17, 15) is 22.4 Å². The number of allylic oxidation sites excluding steroid dienone is 1. The molecule has 0 amide bonds. The van der Waals surface area contributed by atoms with Crippen LogP contribution in [0.2, 0.25) is 0 Å². The number of nitrogens with zero attached hydrogens (tertiary/aromatic N) is 4. The van der Waals surface area contributed by atoms with Crippen LogP contribution in [0.5, 0.6) is 5.88 Å². The van der Waals surface area contributed by atoms with Gasteiger partial charge in [0.2, 0.25) is 0 Å². The van der Waals surface area contributed by atoms with Gasteiger partial charge in [-0.25, -0.2) is 19.3 Å². The van der Waals surface area contributed by atoms with E-state index in [1.165, 1.54) is 18.5 Å². The molecular weight excluding hydrogens is 370 g/mol. The lowest BCUT2D eigenvalue weighted by molar-refractivity contribution is -0.141. The maximum Gasteiger partial charge on any atom is 0.433 e. The summed E-state index contributed by atoms with van der Waals surface area (Å²) >= 11 is 0. The molecule has 0 spiro atoms. The van der Waals surface area contributed by atoms with E-state index >= 15 is 0 Å². The van der Waals surface area contributed by atoms with Gasteiger partial charge in [-0.05, 0) is 12.1 Å². The SMILES string of the molecule is O=CC(F)=CN1CC(Oc2nccnc2Nc2ccc(C(F)(F)F)nc2)C1. The number of carbonyl (C=O) groups excluding carboxylic acids is 1. The van der Waals surface area contributed by atoms with Crippen molar-refractivity contribution in [3.05, 3.63) is 48.4 Å². The maximum absolute atomic E-state index is 12.9. The van der Waals surface area contributed by atoms with Crippen LogP contribution in [-0.4, -0.2) is 45.3 Å². The zero-order valence-electron chi connectivity index (χ0n) is 13.7. The first-order chi connectivity index (χ1) is 12.8. The lowest BCUT2D eigenvalue weighted by Crippen LogP contribution is -2.51. The second-order valence-electron chi connectivity index (χ2n) is 5.59. The zero-order chi connectivity index (χ0) is 19.4. The van der Waals surface area contributed by atoms with Gasteiger partial charge in [0.25, 0.3) is 5.88 Å². The first-order valence-electron chi connectivity index (χ1n) is 7.69. The van der Waals surface area contributed by atoms with Crippen molar-refractivity contribution in [2.75, 3.05) is 18.4 Å². The van der Waals surface area contributed by atoms with Crippen LogP contribution >= 0.6 is 0 Å². The Hall–Kier alpha value is -3.24. The van der Waals surface area contributed by atoms with Gasteiger partial charge in [0.05, 0.1) is 25.0 Å². The monoisotopic (exact) mass is 383 g/mol. The fraction of sp³-hybridized carbons (Fsp3) is 0.250. The summed E-state index contributed by atoms with van der Waals surface area (Å²) in [6, 6.07) is 2.06. The third-order valence-electron chi connectivity index (χ3n) is 3.55. The highest BCUT2D eigenvalue weighted by Gasteiger charge is 2.32. The van der Waals surface area contributed by atoms with Crippen LogP contribution in [-0.2, 0) is 11.0 Å². The van der Waals surface area contributed by atoms with Crippen LogP contribution in [0.25, 0.3) is 0 Å². The minimum Gasteiger partial charge on any atom is -0.468 e. The molecule has 27 heavy (non-hydrogen) atoms. The fourth-order valence-electron chi connectivity index (χ4n) is 2.28. The van der Waals surface area contributed by atoms with E-state index in [4.69, 9.17) is 4.74 Å². The molecule has 1 N–H and O–H groups in total. The molecule has 0 radical (unpaired) electrons. The number of rotatable bonds is 6. The first kappa shape index (κ1) is 18.5. The molecular formula is C16H13F4N5O2. The summed E-state index contributed by atoms with van der Waals surface area (Å²) in [4.78, 5) is 23.3. The number of aromatic nitrogens is 3. The van der Waals surface area contributed by atoms with Crippen LogP contribution in [0.1, 0.15) is 5.69 Å². The number of halogens is 4. The maximum atomic E-state index is 12.9. The Morgan fingerprint density at radius 1 is 1.22 bits per heavy atom. The number of alkyl halides is 3. The van der Waals surface area contributed by atoms with E-state index in [1.54, 1.807) is 4.90 Å². The Balaban J connectivity index is 1.64. The summed E-state index contributed by atoms with van der Waals surface area (Å²) in [6.07, 6.45) is 0.180. The lowest BCUT2D eigenvalue weighted by atomic mass is 10.2. The van der Waals surface area contributed by atoms with Gasteiger partial charge in [-0.1, -0.05) is 0 Å². The summed E-state index contributed by atoms with van der Waals surface area (Å²) < 4.78 is 56.2. The van der Waals surface area contributed by atoms with Crippen LogP contribution in [0, 0.1) is 0 Å². The van der Waals surface area contributed by atoms with Crippen LogP contribution in [0.3, 0.4) is 0 Å². The van der Waals surface area contributed by atoms with Gasteiger partial charge in [0.15, 0.2) is 17.9 Å². The van der Waals surface area contributed by atoms with E-state index in [0.717, 1.165) is 18.5 Å². The summed E-state index contributed by atoms with van der Waals surface area (Å²) in [5, 5.41) is 2.80. The predicted octanol–water partition coefficient (Wildman–Crippen LogP) is 2.71. The highest BCUT2D eigenvalue weighted by molar-refractivity contribution is 5.69. The van der Waals surface area contributed by atoms with Crippen molar-refractivity contribution in [3.63, 3.8) is 0 Å². The van der Waals surface area contributed by atoms with Gasteiger partial charge in [0, 0.05) is 18.6 Å². The molecule has 0 aromatic carbocycles. The molecule has 1 fully saturated rings. The molecule has 1 aliphatic heterocycles. The van der Waals surface area contributed by atoms with Crippen molar-refractivity contribution < 1.29 is 27.1 Å². The number of pyridine rings is 1. The van der Waals surface area contributed by atoms with Crippen molar-refractivity contribution in [1.82, 2.24) is 19.9 Å². The van der Waals surface area contributed by atoms with Crippen molar-refractivity contribution in [3.8, 4) is 5.88 Å². The third kappa shape index (κ3) is 4.68. The second kappa shape index (κ2) is 7.56. The van der Waals surface area contributed by atoms with E-state index in [0.29, 0.717) is 13.1 Å². The number of nitrogens with one attached hydrogen (secondary N) is 1. The van der Waals surface area contributed by atoms with E-state index in [2.05, 4.69) is 20.3 Å². The molecule has 0 unspecified atom stereocenters. The lowest BCUT2D eigenvalue weighted by Gasteiger charge is -2.37. The zero-order valence-corrected chi connectivity index (χ0v) is 13.7.